The fraction of sp³-hybridized carbons (Fsp3) is 0.846. The second-order valence-corrected chi connectivity index (χ2v) is 5.48. The average molecular weight is 194 g/mol. The van der Waals surface area contributed by atoms with E-state index < -0.39 is 5.60 Å². The molecular weight excluding hydrogens is 172 g/mol. The molecule has 1 saturated carbocycles. The lowest BCUT2D eigenvalue weighted by atomic mass is 9.68. The third-order valence-electron chi connectivity index (χ3n) is 3.27. The summed E-state index contributed by atoms with van der Waals surface area (Å²) in [7, 11) is 0. The number of rotatable bonds is 3. The number of hydrogen-bond donors (Lipinski definition) is 1. The van der Waals surface area contributed by atoms with Crippen LogP contribution in [0.5, 0.6) is 0 Å². The van der Waals surface area contributed by atoms with E-state index >= 15 is 0 Å². The predicted molar refractivity (Wildman–Crippen MR) is 59.9 cm³/mol. The highest BCUT2D eigenvalue weighted by atomic mass is 16.3. The van der Waals surface area contributed by atoms with Crippen LogP contribution in [0.25, 0.3) is 0 Å². The van der Waals surface area contributed by atoms with Gasteiger partial charge in [0, 0.05) is 6.42 Å². The van der Waals surface area contributed by atoms with Crippen molar-refractivity contribution in [3.05, 3.63) is 0 Å². The van der Waals surface area contributed by atoms with E-state index in [1.807, 2.05) is 0 Å². The number of aliphatic hydroxyl groups is 1. The van der Waals surface area contributed by atoms with Gasteiger partial charge in [0.1, 0.15) is 0 Å². The fourth-order valence-electron chi connectivity index (χ4n) is 2.70. The molecule has 1 aliphatic carbocycles. The minimum Gasteiger partial charge on any atom is -0.390 e. The van der Waals surface area contributed by atoms with Crippen LogP contribution in [0.3, 0.4) is 0 Å². The molecule has 0 aromatic heterocycles. The first kappa shape index (κ1) is 11.6. The summed E-state index contributed by atoms with van der Waals surface area (Å²) in [6, 6.07) is 0. The van der Waals surface area contributed by atoms with E-state index in [0.717, 1.165) is 38.5 Å². The van der Waals surface area contributed by atoms with Crippen LogP contribution in [0, 0.1) is 17.8 Å². The quantitative estimate of drug-likeness (QED) is 0.540. The molecule has 0 aromatic rings. The first-order chi connectivity index (χ1) is 6.47. The molecule has 0 spiro atoms. The van der Waals surface area contributed by atoms with E-state index in [1.54, 1.807) is 0 Å². The van der Waals surface area contributed by atoms with E-state index in [1.165, 1.54) is 6.42 Å². The maximum absolute atomic E-state index is 10.4. The zero-order valence-electron chi connectivity index (χ0n) is 9.47. The highest BCUT2D eigenvalue weighted by molar-refractivity contribution is 4.92. The number of unbranched alkanes of at least 4 members (excludes halogenated alkanes) is 1. The molecule has 1 rings (SSSR count). The largest absolute Gasteiger partial charge is 0.390 e. The molecule has 1 nitrogen and oxygen atoms in total. The van der Waals surface area contributed by atoms with Crippen molar-refractivity contribution in [3.63, 3.8) is 0 Å². The van der Waals surface area contributed by atoms with Gasteiger partial charge in [0.2, 0.25) is 0 Å². The van der Waals surface area contributed by atoms with Crippen molar-refractivity contribution >= 4 is 0 Å². The van der Waals surface area contributed by atoms with Crippen molar-refractivity contribution in [1.29, 1.82) is 0 Å². The Balaban J connectivity index is 2.44. The lowest BCUT2D eigenvalue weighted by molar-refractivity contribution is -0.0459. The Hall–Kier alpha value is -0.480. The van der Waals surface area contributed by atoms with Gasteiger partial charge in [0.15, 0.2) is 0 Å². The molecule has 0 bridgehead atoms. The molecule has 80 valence electrons. The maximum atomic E-state index is 10.4. The zero-order valence-corrected chi connectivity index (χ0v) is 9.47. The van der Waals surface area contributed by atoms with Crippen LogP contribution >= 0.6 is 0 Å². The molecule has 1 aliphatic rings. The Labute approximate surface area is 87.9 Å². The van der Waals surface area contributed by atoms with Gasteiger partial charge in [-0.3, -0.25) is 0 Å². The van der Waals surface area contributed by atoms with Crippen LogP contribution in [-0.2, 0) is 0 Å². The zero-order chi connectivity index (χ0) is 10.7. The number of hydrogen-bond acceptors (Lipinski definition) is 1. The summed E-state index contributed by atoms with van der Waals surface area (Å²) in [5, 5.41) is 10.4. The van der Waals surface area contributed by atoms with Crippen molar-refractivity contribution in [3.8, 4) is 12.3 Å². The van der Waals surface area contributed by atoms with Gasteiger partial charge in [0.05, 0.1) is 5.60 Å². The first-order valence-corrected chi connectivity index (χ1v) is 5.63. The van der Waals surface area contributed by atoms with Gasteiger partial charge < -0.3 is 5.11 Å². The van der Waals surface area contributed by atoms with Crippen LogP contribution < -0.4 is 0 Å². The molecule has 1 N–H and O–H groups in total. The summed E-state index contributed by atoms with van der Waals surface area (Å²) >= 11 is 0. The van der Waals surface area contributed by atoms with Crippen molar-refractivity contribution in [2.75, 3.05) is 0 Å². The maximum Gasteiger partial charge on any atom is 0.0653 e. The van der Waals surface area contributed by atoms with Crippen molar-refractivity contribution in [1.82, 2.24) is 0 Å². The van der Waals surface area contributed by atoms with Crippen LogP contribution in [-0.4, -0.2) is 10.7 Å². The molecular formula is C13H22O. The average Bonchev–Trinajstić information content (AvgIpc) is 2.01. The summed E-state index contributed by atoms with van der Waals surface area (Å²) < 4.78 is 0. The van der Waals surface area contributed by atoms with E-state index in [9.17, 15) is 5.11 Å². The minimum absolute atomic E-state index is 0.309. The lowest BCUT2D eigenvalue weighted by Crippen LogP contribution is -2.38. The van der Waals surface area contributed by atoms with Crippen LogP contribution in [0.2, 0.25) is 0 Å². The molecule has 1 unspecified atom stereocenters. The van der Waals surface area contributed by atoms with Crippen molar-refractivity contribution in [2.45, 2.75) is 64.4 Å². The third kappa shape index (κ3) is 3.35. The van der Waals surface area contributed by atoms with Gasteiger partial charge in [-0.05, 0) is 37.5 Å². The Morgan fingerprint density at radius 1 is 1.36 bits per heavy atom. The summed E-state index contributed by atoms with van der Waals surface area (Å²) in [6.45, 7) is 4.50. The Kier molecular flexibility index (Phi) is 3.61. The normalized spacial score (nSPS) is 31.0. The van der Waals surface area contributed by atoms with Gasteiger partial charge in [-0.15, -0.1) is 12.3 Å². The third-order valence-corrected chi connectivity index (χ3v) is 3.27. The molecule has 1 heteroatoms. The van der Waals surface area contributed by atoms with Crippen molar-refractivity contribution in [2.24, 2.45) is 5.41 Å². The fourth-order valence-corrected chi connectivity index (χ4v) is 2.70. The van der Waals surface area contributed by atoms with Gasteiger partial charge in [-0.25, -0.2) is 0 Å². The van der Waals surface area contributed by atoms with E-state index in [2.05, 4.69) is 19.8 Å². The summed E-state index contributed by atoms with van der Waals surface area (Å²) in [4.78, 5) is 0. The molecule has 14 heavy (non-hydrogen) atoms. The van der Waals surface area contributed by atoms with Gasteiger partial charge in [0.25, 0.3) is 0 Å². The van der Waals surface area contributed by atoms with E-state index in [0.29, 0.717) is 5.41 Å². The highest BCUT2D eigenvalue weighted by Gasteiger charge is 2.37. The molecule has 0 amide bonds. The monoisotopic (exact) mass is 194 g/mol. The highest BCUT2D eigenvalue weighted by Crippen LogP contribution is 2.42. The molecule has 1 fully saturated rings. The van der Waals surface area contributed by atoms with E-state index in [-0.39, 0.29) is 0 Å². The topological polar surface area (TPSA) is 20.2 Å². The Morgan fingerprint density at radius 2 is 2.07 bits per heavy atom. The Morgan fingerprint density at radius 3 is 2.64 bits per heavy atom. The predicted octanol–water partition coefficient (Wildman–Crippen LogP) is 3.12. The molecule has 0 aromatic carbocycles. The number of terminal acetylenes is 1. The van der Waals surface area contributed by atoms with Crippen LogP contribution in [0.15, 0.2) is 0 Å². The summed E-state index contributed by atoms with van der Waals surface area (Å²) in [5.41, 5.74) is -0.123. The molecule has 1 atom stereocenters. The van der Waals surface area contributed by atoms with E-state index in [4.69, 9.17) is 6.42 Å². The smallest absolute Gasteiger partial charge is 0.0653 e. The molecule has 0 aliphatic heterocycles. The minimum atomic E-state index is -0.432. The molecule has 0 radical (unpaired) electrons. The second-order valence-electron chi connectivity index (χ2n) is 5.48. The molecule has 0 heterocycles. The standard InChI is InChI=1S/C13H22O/c1-4-5-6-9-13(14)10-7-8-12(2,3)11-13/h1,14H,5-11H2,2-3H3. The first-order valence-electron chi connectivity index (χ1n) is 5.63. The van der Waals surface area contributed by atoms with Gasteiger partial charge in [-0.1, -0.05) is 20.3 Å². The van der Waals surface area contributed by atoms with Crippen molar-refractivity contribution < 1.29 is 5.11 Å². The SMILES string of the molecule is C#CCCCC1(O)CCCC(C)(C)C1. The summed E-state index contributed by atoms with van der Waals surface area (Å²) in [5.74, 6) is 2.63. The van der Waals surface area contributed by atoms with Crippen LogP contribution in [0.4, 0.5) is 0 Å². The van der Waals surface area contributed by atoms with Gasteiger partial charge >= 0.3 is 0 Å². The second kappa shape index (κ2) is 4.36. The summed E-state index contributed by atoms with van der Waals surface area (Å²) in [6.07, 6.45) is 12.1. The molecule has 0 saturated heterocycles. The Bertz CT molecular complexity index is 224. The lowest BCUT2D eigenvalue weighted by Gasteiger charge is -2.41. The van der Waals surface area contributed by atoms with Gasteiger partial charge in [-0.2, -0.15) is 0 Å². The van der Waals surface area contributed by atoms with Crippen LogP contribution in [0.1, 0.15) is 58.8 Å².